The fourth-order valence-corrected chi connectivity index (χ4v) is 5.88. The first-order valence-electron chi connectivity index (χ1n) is 12.6. The third kappa shape index (κ3) is 7.04. The van der Waals surface area contributed by atoms with Gasteiger partial charge in [0.05, 0.1) is 5.52 Å². The molecule has 0 spiro atoms. The molecule has 0 aliphatic heterocycles. The van der Waals surface area contributed by atoms with Gasteiger partial charge in [0.25, 0.3) is 0 Å². The quantitative estimate of drug-likeness (QED) is 0.358. The number of benzene rings is 2. The summed E-state index contributed by atoms with van der Waals surface area (Å²) >= 11 is 0. The number of fused-ring (bicyclic) bond motifs is 1. The topological polar surface area (TPSA) is 96.5 Å². The van der Waals surface area contributed by atoms with Gasteiger partial charge in [0.2, 0.25) is 16.0 Å². The van der Waals surface area contributed by atoms with E-state index in [0.717, 1.165) is 61.1 Å². The summed E-state index contributed by atoms with van der Waals surface area (Å²) in [7, 11) is -2.17. The maximum atomic E-state index is 12.7. The van der Waals surface area contributed by atoms with Crippen LogP contribution in [0.3, 0.4) is 0 Å². The lowest BCUT2D eigenvalue weighted by Crippen LogP contribution is -2.33. The lowest BCUT2D eigenvalue weighted by atomic mass is 9.82. The van der Waals surface area contributed by atoms with Crippen molar-refractivity contribution in [1.29, 1.82) is 0 Å². The van der Waals surface area contributed by atoms with Crippen molar-refractivity contribution in [2.75, 3.05) is 36.9 Å². The second kappa shape index (κ2) is 11.7. The van der Waals surface area contributed by atoms with Crippen LogP contribution in [-0.4, -0.2) is 51.4 Å². The van der Waals surface area contributed by atoms with Gasteiger partial charge in [0, 0.05) is 32.1 Å². The number of alkyl halides is 3. The normalized spacial score (nSPS) is 18.3. The molecule has 38 heavy (non-hydrogen) atoms. The first-order valence-corrected chi connectivity index (χ1v) is 14.1. The molecular formula is C26H32F3N5O3S. The van der Waals surface area contributed by atoms with E-state index in [2.05, 4.69) is 31.6 Å². The average Bonchev–Trinajstić information content (AvgIpc) is 2.89. The Bertz CT molecular complexity index is 1350. The molecule has 0 saturated heterocycles. The van der Waals surface area contributed by atoms with E-state index in [1.165, 1.54) is 12.1 Å². The summed E-state index contributed by atoms with van der Waals surface area (Å²) in [6, 6.07) is 12.6. The summed E-state index contributed by atoms with van der Waals surface area (Å²) in [5, 5.41) is 4.38. The molecule has 0 bridgehead atoms. The Morgan fingerprint density at radius 1 is 0.974 bits per heavy atom. The molecule has 8 nitrogen and oxygen atoms in total. The molecule has 1 fully saturated rings. The summed E-state index contributed by atoms with van der Waals surface area (Å²) in [6.07, 6.45) is -1.59. The highest BCUT2D eigenvalue weighted by Crippen LogP contribution is 2.32. The minimum atomic E-state index is -4.98. The van der Waals surface area contributed by atoms with Crippen LogP contribution in [0.1, 0.15) is 32.6 Å². The molecule has 12 heteroatoms. The maximum absolute atomic E-state index is 12.7. The van der Waals surface area contributed by atoms with Crippen LogP contribution in [0, 0.1) is 11.8 Å². The zero-order chi connectivity index (χ0) is 27.3. The van der Waals surface area contributed by atoms with Crippen molar-refractivity contribution in [3.8, 4) is 5.75 Å². The summed E-state index contributed by atoms with van der Waals surface area (Å²) < 4.78 is 69.8. The predicted octanol–water partition coefficient (Wildman–Crippen LogP) is 5.18. The van der Waals surface area contributed by atoms with Gasteiger partial charge in [-0.05, 0) is 68.7 Å². The van der Waals surface area contributed by atoms with E-state index >= 15 is 0 Å². The van der Waals surface area contributed by atoms with Gasteiger partial charge < -0.3 is 15.0 Å². The van der Waals surface area contributed by atoms with E-state index in [0.29, 0.717) is 18.4 Å². The van der Waals surface area contributed by atoms with E-state index in [4.69, 9.17) is 4.98 Å². The third-order valence-corrected chi connectivity index (χ3v) is 8.32. The van der Waals surface area contributed by atoms with Crippen LogP contribution < -0.4 is 19.7 Å². The minimum Gasteiger partial charge on any atom is -0.404 e. The highest BCUT2D eigenvalue weighted by molar-refractivity contribution is 7.89. The monoisotopic (exact) mass is 551 g/mol. The van der Waals surface area contributed by atoms with Crippen molar-refractivity contribution in [3.63, 3.8) is 0 Å². The Morgan fingerprint density at radius 3 is 2.29 bits per heavy atom. The van der Waals surface area contributed by atoms with Crippen LogP contribution in [0.15, 0.2) is 53.4 Å². The number of anilines is 2. The molecular weight excluding hydrogens is 519 g/mol. The van der Waals surface area contributed by atoms with Crippen molar-refractivity contribution < 1.29 is 26.3 Å². The lowest BCUT2D eigenvalue weighted by molar-refractivity contribution is -0.275. The molecule has 0 unspecified atom stereocenters. The van der Waals surface area contributed by atoms with E-state index < -0.39 is 27.0 Å². The van der Waals surface area contributed by atoms with Crippen molar-refractivity contribution in [3.05, 3.63) is 48.5 Å². The van der Waals surface area contributed by atoms with Gasteiger partial charge in [-0.1, -0.05) is 24.3 Å². The molecule has 1 aliphatic carbocycles. The summed E-state index contributed by atoms with van der Waals surface area (Å²) in [4.78, 5) is 10.9. The third-order valence-electron chi connectivity index (χ3n) is 6.86. The molecule has 2 aromatic carbocycles. The Labute approximate surface area is 220 Å². The Hall–Kier alpha value is -3.12. The van der Waals surface area contributed by atoms with Crippen LogP contribution >= 0.6 is 0 Å². The Morgan fingerprint density at radius 2 is 1.61 bits per heavy atom. The van der Waals surface area contributed by atoms with Gasteiger partial charge in [0.1, 0.15) is 16.5 Å². The van der Waals surface area contributed by atoms with Crippen molar-refractivity contribution in [2.45, 2.75) is 43.9 Å². The molecule has 3 aromatic rings. The molecule has 0 amide bonds. The molecule has 0 atom stereocenters. The van der Waals surface area contributed by atoms with E-state index in [1.54, 1.807) is 0 Å². The van der Waals surface area contributed by atoms with Crippen LogP contribution in [0.2, 0.25) is 0 Å². The van der Waals surface area contributed by atoms with Gasteiger partial charge in [0.15, 0.2) is 0 Å². The number of ether oxygens (including phenoxy) is 1. The first kappa shape index (κ1) is 27.9. The molecule has 1 aliphatic rings. The van der Waals surface area contributed by atoms with Gasteiger partial charge >= 0.3 is 6.36 Å². The fourth-order valence-electron chi connectivity index (χ4n) is 4.64. The number of aromatic nitrogens is 2. The number of nitrogens with one attached hydrogen (secondary N) is 2. The molecule has 0 radical (unpaired) electrons. The molecule has 1 heterocycles. The van der Waals surface area contributed by atoms with Crippen molar-refractivity contribution in [1.82, 2.24) is 14.7 Å². The van der Waals surface area contributed by atoms with Crippen LogP contribution in [-0.2, 0) is 10.0 Å². The van der Waals surface area contributed by atoms with Crippen molar-refractivity contribution >= 4 is 32.7 Å². The second-order valence-electron chi connectivity index (χ2n) is 9.52. The largest absolute Gasteiger partial charge is 0.573 e. The van der Waals surface area contributed by atoms with Gasteiger partial charge in [-0.15, -0.1) is 13.2 Å². The number of sulfonamides is 1. The van der Waals surface area contributed by atoms with E-state index in [9.17, 15) is 21.6 Å². The minimum absolute atomic E-state index is 0.0958. The van der Waals surface area contributed by atoms with E-state index in [1.807, 2.05) is 31.3 Å². The molecule has 1 saturated carbocycles. The van der Waals surface area contributed by atoms with E-state index in [-0.39, 0.29) is 12.5 Å². The molecule has 206 valence electrons. The summed E-state index contributed by atoms with van der Waals surface area (Å²) in [5.41, 5.74) is 0.874. The standard InChI is InChI=1S/C26H32F3N5O3S/c1-3-34(2)24-20-8-4-5-9-21(20)32-25(33-24)30-16-18-12-14-19(15-13-18)17-31-38(35,36)23-11-7-6-10-22(23)37-26(27,28)29/h4-11,18-19,31H,3,12-17H2,1-2H3,(H,30,32,33). The number of nitrogens with zero attached hydrogens (tertiary/aromatic N) is 3. The average molecular weight is 552 g/mol. The highest BCUT2D eigenvalue weighted by atomic mass is 32.2. The molecule has 4 rings (SSSR count). The number of rotatable bonds is 10. The Balaban J connectivity index is 1.31. The summed E-state index contributed by atoms with van der Waals surface area (Å²) in [5.74, 6) is 1.18. The number of halogens is 3. The lowest BCUT2D eigenvalue weighted by Gasteiger charge is -2.29. The van der Waals surface area contributed by atoms with Gasteiger partial charge in [-0.25, -0.2) is 18.1 Å². The molecule has 1 aromatic heterocycles. The van der Waals surface area contributed by atoms with Crippen molar-refractivity contribution in [2.24, 2.45) is 11.8 Å². The van der Waals surface area contributed by atoms with Crippen LogP contribution in [0.4, 0.5) is 24.9 Å². The smallest absolute Gasteiger partial charge is 0.404 e. The zero-order valence-corrected chi connectivity index (χ0v) is 22.1. The first-order chi connectivity index (χ1) is 18.1. The van der Waals surface area contributed by atoms with Gasteiger partial charge in [-0.3, -0.25) is 0 Å². The second-order valence-corrected chi connectivity index (χ2v) is 11.3. The molecule has 2 N–H and O–H groups in total. The number of para-hydroxylation sites is 2. The van der Waals surface area contributed by atoms with Gasteiger partial charge in [-0.2, -0.15) is 4.98 Å². The zero-order valence-electron chi connectivity index (χ0n) is 21.3. The highest BCUT2D eigenvalue weighted by Gasteiger charge is 2.34. The summed E-state index contributed by atoms with van der Waals surface area (Å²) in [6.45, 7) is 3.74. The number of hydrogen-bond acceptors (Lipinski definition) is 7. The van der Waals surface area contributed by atoms with Crippen LogP contribution in [0.25, 0.3) is 10.9 Å². The van der Waals surface area contributed by atoms with Crippen LogP contribution in [0.5, 0.6) is 5.75 Å². The predicted molar refractivity (Wildman–Crippen MR) is 141 cm³/mol. The maximum Gasteiger partial charge on any atom is 0.573 e. The number of hydrogen-bond donors (Lipinski definition) is 2. The SMILES string of the molecule is CCN(C)c1nc(NCC2CCC(CNS(=O)(=O)c3ccccc3OC(F)(F)F)CC2)nc2ccccc12. The Kier molecular flexibility index (Phi) is 8.61. The fraction of sp³-hybridized carbons (Fsp3) is 0.462.